The van der Waals surface area contributed by atoms with Crippen molar-refractivity contribution in [3.05, 3.63) is 48.0 Å². The van der Waals surface area contributed by atoms with Crippen LogP contribution in [-0.2, 0) is 11.0 Å². The van der Waals surface area contributed by atoms with E-state index in [0.29, 0.717) is 11.3 Å². The largest absolute Gasteiger partial charge is 0.394 e. The van der Waals surface area contributed by atoms with Gasteiger partial charge in [-0.1, -0.05) is 0 Å². The van der Waals surface area contributed by atoms with Crippen molar-refractivity contribution < 1.29 is 13.7 Å². The van der Waals surface area contributed by atoms with Crippen molar-refractivity contribution in [1.29, 1.82) is 0 Å². The predicted molar refractivity (Wildman–Crippen MR) is 84.4 cm³/mol. The van der Waals surface area contributed by atoms with Crippen LogP contribution in [0.1, 0.15) is 32.4 Å². The third-order valence-corrected chi connectivity index (χ3v) is 4.70. The topological polar surface area (TPSA) is 67.2 Å². The van der Waals surface area contributed by atoms with Crippen LogP contribution in [0.15, 0.2) is 36.7 Å². The van der Waals surface area contributed by atoms with E-state index in [0.717, 1.165) is 0 Å². The van der Waals surface area contributed by atoms with Crippen LogP contribution in [0, 0.1) is 5.82 Å². The predicted octanol–water partition coefficient (Wildman–Crippen LogP) is 2.10. The highest BCUT2D eigenvalue weighted by atomic mass is 32.2. The first-order valence-electron chi connectivity index (χ1n) is 6.90. The van der Waals surface area contributed by atoms with Crippen LogP contribution in [0.4, 0.5) is 4.39 Å². The number of halogens is 1. The summed E-state index contributed by atoms with van der Waals surface area (Å²) in [4.78, 5) is 0. The van der Waals surface area contributed by atoms with Gasteiger partial charge in [-0.15, -0.1) is 0 Å². The zero-order valence-electron chi connectivity index (χ0n) is 12.8. The summed E-state index contributed by atoms with van der Waals surface area (Å²) in [7, 11) is -1.30. The van der Waals surface area contributed by atoms with Gasteiger partial charge < -0.3 is 5.11 Å². The average Bonchev–Trinajstić information content (AvgIpc) is 2.93. The average molecular weight is 325 g/mol. The minimum atomic E-state index is -1.30. The van der Waals surface area contributed by atoms with Crippen molar-refractivity contribution in [3.8, 4) is 5.69 Å². The third kappa shape index (κ3) is 4.00. The molecule has 0 fully saturated rings. The summed E-state index contributed by atoms with van der Waals surface area (Å²) in [5.74, 6) is -0.313. The number of aliphatic hydroxyl groups is 1. The molecular weight excluding hydrogens is 305 g/mol. The van der Waals surface area contributed by atoms with Gasteiger partial charge in [-0.05, 0) is 45.0 Å². The molecule has 1 aromatic carbocycles. The van der Waals surface area contributed by atoms with Gasteiger partial charge in [0, 0.05) is 11.8 Å². The minimum absolute atomic E-state index is 0.197. The summed E-state index contributed by atoms with van der Waals surface area (Å²) >= 11 is 0. The van der Waals surface area contributed by atoms with Gasteiger partial charge in [0.25, 0.3) is 0 Å². The Morgan fingerprint density at radius 3 is 2.55 bits per heavy atom. The third-order valence-electron chi connectivity index (χ3n) is 3.08. The maximum absolute atomic E-state index is 12.9. The molecule has 22 heavy (non-hydrogen) atoms. The highest BCUT2D eigenvalue weighted by Crippen LogP contribution is 2.18. The molecule has 1 unspecified atom stereocenters. The molecule has 0 saturated carbocycles. The summed E-state index contributed by atoms with van der Waals surface area (Å²) in [6.07, 6.45) is 3.32. The number of aliphatic hydroxyl groups excluding tert-OH is 1. The Labute approximate surface area is 131 Å². The molecule has 1 aromatic heterocycles. The van der Waals surface area contributed by atoms with E-state index in [1.165, 1.54) is 12.1 Å². The summed E-state index contributed by atoms with van der Waals surface area (Å²) in [5, 5.41) is 13.7. The number of hydrogen-bond acceptors (Lipinski definition) is 3. The lowest BCUT2D eigenvalue weighted by molar-refractivity contribution is 0.260. The number of hydrogen-bond donors (Lipinski definition) is 2. The zero-order valence-corrected chi connectivity index (χ0v) is 13.6. The lowest BCUT2D eigenvalue weighted by atomic mass is 10.2. The molecule has 0 radical (unpaired) electrons. The van der Waals surface area contributed by atoms with Crippen LogP contribution in [-0.4, -0.2) is 30.4 Å². The number of aromatic nitrogens is 2. The molecule has 0 aliphatic carbocycles. The Hall–Kier alpha value is -1.57. The van der Waals surface area contributed by atoms with Gasteiger partial charge in [0.05, 0.1) is 40.3 Å². The van der Waals surface area contributed by atoms with Crippen LogP contribution < -0.4 is 4.72 Å². The van der Waals surface area contributed by atoms with Crippen molar-refractivity contribution >= 4 is 11.0 Å². The molecule has 0 aliphatic heterocycles. The summed E-state index contributed by atoms with van der Waals surface area (Å²) < 4.78 is 29.1. The smallest absolute Gasteiger partial charge is 0.123 e. The van der Waals surface area contributed by atoms with Gasteiger partial charge in [0.1, 0.15) is 5.82 Å². The lowest BCUT2D eigenvalue weighted by Gasteiger charge is -2.22. The Balaban J connectivity index is 2.18. The minimum Gasteiger partial charge on any atom is -0.394 e. The summed E-state index contributed by atoms with van der Waals surface area (Å²) in [6.45, 7) is 5.36. The Kier molecular flexibility index (Phi) is 5.10. The van der Waals surface area contributed by atoms with Gasteiger partial charge in [-0.25, -0.2) is 18.0 Å². The normalized spacial score (nSPS) is 14.8. The van der Waals surface area contributed by atoms with E-state index >= 15 is 0 Å². The van der Waals surface area contributed by atoms with E-state index in [1.807, 2.05) is 20.8 Å². The van der Waals surface area contributed by atoms with E-state index in [9.17, 15) is 13.7 Å². The van der Waals surface area contributed by atoms with Crippen molar-refractivity contribution in [2.24, 2.45) is 0 Å². The molecule has 0 bridgehead atoms. The summed E-state index contributed by atoms with van der Waals surface area (Å²) in [6, 6.07) is 5.45. The first-order valence-corrected chi connectivity index (χ1v) is 8.05. The molecule has 2 atom stereocenters. The van der Waals surface area contributed by atoms with Crippen molar-refractivity contribution in [2.75, 3.05) is 6.61 Å². The fourth-order valence-electron chi connectivity index (χ4n) is 1.77. The van der Waals surface area contributed by atoms with Crippen molar-refractivity contribution in [3.63, 3.8) is 0 Å². The number of nitrogens with zero attached hydrogens (tertiary/aromatic N) is 2. The van der Waals surface area contributed by atoms with Gasteiger partial charge in [0.15, 0.2) is 0 Å². The summed E-state index contributed by atoms with van der Waals surface area (Å²) in [5.41, 5.74) is 1.42. The van der Waals surface area contributed by atoms with Crippen LogP contribution >= 0.6 is 0 Å². The molecule has 0 aliphatic rings. The molecule has 2 rings (SSSR count). The SMILES string of the molecule is CC(C)(C)S(=O)N[C@@H](CO)c1cnn(-c2ccc(F)cc2)c1. The van der Waals surface area contributed by atoms with E-state index in [1.54, 1.807) is 29.2 Å². The molecule has 2 N–H and O–H groups in total. The van der Waals surface area contributed by atoms with E-state index in [4.69, 9.17) is 0 Å². The van der Waals surface area contributed by atoms with Crippen LogP contribution in [0.3, 0.4) is 0 Å². The number of nitrogens with one attached hydrogen (secondary N) is 1. The standard InChI is InChI=1S/C15H20FN3O2S/c1-15(2,3)22(21)18-14(10-20)11-8-17-19(9-11)13-6-4-12(16)5-7-13/h4-9,14,18,20H,10H2,1-3H3/t14-,22?/m0/s1. The first-order chi connectivity index (χ1) is 10.3. The fourth-order valence-corrected chi connectivity index (χ4v) is 2.59. The fraction of sp³-hybridized carbons (Fsp3) is 0.400. The lowest BCUT2D eigenvalue weighted by Crippen LogP contribution is -2.36. The zero-order chi connectivity index (χ0) is 16.3. The van der Waals surface area contributed by atoms with Gasteiger partial charge in [-0.2, -0.15) is 5.10 Å². The van der Waals surface area contributed by atoms with E-state index in [-0.39, 0.29) is 12.4 Å². The maximum atomic E-state index is 12.9. The van der Waals surface area contributed by atoms with Gasteiger partial charge >= 0.3 is 0 Å². The van der Waals surface area contributed by atoms with E-state index < -0.39 is 21.8 Å². The molecule has 0 saturated heterocycles. The van der Waals surface area contributed by atoms with Gasteiger partial charge in [0.2, 0.25) is 0 Å². The second kappa shape index (κ2) is 6.68. The van der Waals surface area contributed by atoms with E-state index in [2.05, 4.69) is 9.82 Å². The molecule has 1 heterocycles. The molecule has 0 amide bonds. The van der Waals surface area contributed by atoms with Crippen LogP contribution in [0.5, 0.6) is 0 Å². The quantitative estimate of drug-likeness (QED) is 0.884. The Morgan fingerprint density at radius 1 is 1.36 bits per heavy atom. The monoisotopic (exact) mass is 325 g/mol. The highest BCUT2D eigenvalue weighted by Gasteiger charge is 2.24. The Morgan fingerprint density at radius 2 is 2.00 bits per heavy atom. The van der Waals surface area contributed by atoms with Gasteiger partial charge in [-0.3, -0.25) is 0 Å². The number of benzene rings is 1. The molecule has 120 valence electrons. The molecular formula is C15H20FN3O2S. The van der Waals surface area contributed by atoms with Crippen LogP contribution in [0.2, 0.25) is 0 Å². The Bertz CT molecular complexity index is 650. The highest BCUT2D eigenvalue weighted by molar-refractivity contribution is 7.84. The van der Waals surface area contributed by atoms with Crippen molar-refractivity contribution in [1.82, 2.24) is 14.5 Å². The molecule has 2 aromatic rings. The second-order valence-electron chi connectivity index (χ2n) is 5.93. The maximum Gasteiger partial charge on any atom is 0.123 e. The molecule has 5 nitrogen and oxygen atoms in total. The first kappa shape index (κ1) is 16.8. The second-order valence-corrected chi connectivity index (χ2v) is 7.93. The molecule has 0 spiro atoms. The number of rotatable bonds is 5. The van der Waals surface area contributed by atoms with Crippen LogP contribution in [0.25, 0.3) is 5.69 Å². The molecule has 7 heteroatoms. The van der Waals surface area contributed by atoms with Crippen molar-refractivity contribution in [2.45, 2.75) is 31.6 Å².